The molecule has 1 aromatic heterocycles. The molecule has 0 aliphatic heterocycles. The van der Waals surface area contributed by atoms with Gasteiger partial charge in [0, 0.05) is 16.6 Å². The van der Waals surface area contributed by atoms with Crippen LogP contribution < -0.4 is 10.5 Å². The summed E-state index contributed by atoms with van der Waals surface area (Å²) in [6, 6.07) is 4.50. The van der Waals surface area contributed by atoms with Crippen LogP contribution in [0.25, 0.3) is 0 Å². The molecule has 108 valence electrons. The fourth-order valence-electron chi connectivity index (χ4n) is 1.56. The van der Waals surface area contributed by atoms with E-state index in [9.17, 15) is 8.42 Å². The van der Waals surface area contributed by atoms with E-state index in [2.05, 4.69) is 25.6 Å². The molecular formula is C12H14BrN3O3S. The number of nitrogen functional groups attached to an aromatic ring is 1. The van der Waals surface area contributed by atoms with E-state index >= 15 is 0 Å². The summed E-state index contributed by atoms with van der Waals surface area (Å²) in [5.74, 6) is 1.05. The summed E-state index contributed by atoms with van der Waals surface area (Å²) in [4.78, 5) is 4.11. The summed E-state index contributed by atoms with van der Waals surface area (Å²) >= 11 is 3.19. The van der Waals surface area contributed by atoms with Crippen LogP contribution in [0.5, 0.6) is 0 Å². The second-order valence-corrected chi connectivity index (χ2v) is 6.68. The Morgan fingerprint density at radius 3 is 2.80 bits per heavy atom. The number of nitrogens with zero attached hydrogens (tertiary/aromatic N) is 1. The van der Waals surface area contributed by atoms with E-state index in [0.29, 0.717) is 28.2 Å². The molecule has 0 unspecified atom stereocenters. The maximum absolute atomic E-state index is 12.2. The van der Waals surface area contributed by atoms with Crippen molar-refractivity contribution in [3.63, 3.8) is 0 Å². The molecule has 0 aliphatic rings. The van der Waals surface area contributed by atoms with Crippen molar-refractivity contribution in [2.24, 2.45) is 0 Å². The molecule has 3 N–H and O–H groups in total. The standard InChI is InChI=1S/C12H14BrN3O3S/c1-2-9-6-15-12(19-9)7-16-20(17,18)11-4-3-8(14)5-10(11)13/h3-6,16H,2,7,14H2,1H3. The van der Waals surface area contributed by atoms with E-state index in [0.717, 1.165) is 0 Å². The maximum Gasteiger partial charge on any atom is 0.242 e. The van der Waals surface area contributed by atoms with Gasteiger partial charge in [0.15, 0.2) is 0 Å². The average molecular weight is 360 g/mol. The van der Waals surface area contributed by atoms with Crippen LogP contribution in [-0.4, -0.2) is 13.4 Å². The van der Waals surface area contributed by atoms with Gasteiger partial charge in [-0.15, -0.1) is 0 Å². The minimum absolute atomic E-state index is 0.000843. The lowest BCUT2D eigenvalue weighted by Crippen LogP contribution is -2.23. The Morgan fingerprint density at radius 1 is 1.45 bits per heavy atom. The zero-order valence-corrected chi connectivity index (χ0v) is 13.2. The predicted octanol–water partition coefficient (Wildman–Crippen LogP) is 2.06. The van der Waals surface area contributed by atoms with E-state index in [4.69, 9.17) is 10.2 Å². The number of hydrogen-bond donors (Lipinski definition) is 2. The van der Waals surface area contributed by atoms with E-state index < -0.39 is 10.0 Å². The minimum atomic E-state index is -3.66. The Morgan fingerprint density at radius 2 is 2.20 bits per heavy atom. The Kier molecular flexibility index (Phi) is 4.46. The molecule has 0 saturated carbocycles. The van der Waals surface area contributed by atoms with Crippen LogP contribution in [-0.2, 0) is 23.0 Å². The molecule has 0 radical (unpaired) electrons. The van der Waals surface area contributed by atoms with Gasteiger partial charge in [0.05, 0.1) is 17.6 Å². The van der Waals surface area contributed by atoms with Crippen LogP contribution >= 0.6 is 15.9 Å². The Balaban J connectivity index is 2.14. The Hall–Kier alpha value is -1.38. The monoisotopic (exact) mass is 359 g/mol. The second-order valence-electron chi connectivity index (χ2n) is 4.09. The summed E-state index contributed by atoms with van der Waals surface area (Å²) in [6.07, 6.45) is 2.30. The van der Waals surface area contributed by atoms with Gasteiger partial charge in [0.25, 0.3) is 0 Å². The molecule has 0 fully saturated rings. The summed E-state index contributed by atoms with van der Waals surface area (Å²) in [5, 5.41) is 0. The lowest BCUT2D eigenvalue weighted by Gasteiger charge is -2.07. The summed E-state index contributed by atoms with van der Waals surface area (Å²) in [5.41, 5.74) is 6.07. The number of nitrogens with two attached hydrogens (primary N) is 1. The smallest absolute Gasteiger partial charge is 0.242 e. The van der Waals surface area contributed by atoms with Crippen molar-refractivity contribution in [2.45, 2.75) is 24.8 Å². The number of aryl methyl sites for hydroxylation is 1. The molecule has 0 amide bonds. The van der Waals surface area contributed by atoms with Crippen LogP contribution in [0.3, 0.4) is 0 Å². The molecule has 2 aromatic rings. The fourth-order valence-corrected chi connectivity index (χ4v) is 3.63. The molecule has 0 spiro atoms. The van der Waals surface area contributed by atoms with Crippen LogP contribution in [0.15, 0.2) is 38.2 Å². The minimum Gasteiger partial charge on any atom is -0.444 e. The first-order chi connectivity index (χ1) is 9.42. The van der Waals surface area contributed by atoms with Gasteiger partial charge in [-0.2, -0.15) is 0 Å². The van der Waals surface area contributed by atoms with Gasteiger partial charge in [0.1, 0.15) is 5.76 Å². The van der Waals surface area contributed by atoms with Crippen molar-refractivity contribution in [1.29, 1.82) is 0 Å². The third kappa shape index (κ3) is 3.38. The molecule has 2 rings (SSSR count). The van der Waals surface area contributed by atoms with E-state index in [1.807, 2.05) is 6.92 Å². The van der Waals surface area contributed by atoms with Crippen LogP contribution in [0.1, 0.15) is 18.6 Å². The zero-order valence-electron chi connectivity index (χ0n) is 10.8. The number of halogens is 1. The molecule has 20 heavy (non-hydrogen) atoms. The molecule has 0 bridgehead atoms. The molecule has 0 atom stereocenters. The van der Waals surface area contributed by atoms with Gasteiger partial charge in [-0.05, 0) is 34.1 Å². The van der Waals surface area contributed by atoms with Gasteiger partial charge in [-0.3, -0.25) is 0 Å². The lowest BCUT2D eigenvalue weighted by molar-refractivity contribution is 0.452. The zero-order chi connectivity index (χ0) is 14.8. The first-order valence-corrected chi connectivity index (χ1v) is 8.18. The third-order valence-corrected chi connectivity index (χ3v) is 4.99. The SMILES string of the molecule is CCc1cnc(CNS(=O)(=O)c2ccc(N)cc2Br)o1. The molecule has 6 nitrogen and oxygen atoms in total. The highest BCUT2D eigenvalue weighted by molar-refractivity contribution is 9.10. The molecule has 1 aromatic carbocycles. The quantitative estimate of drug-likeness (QED) is 0.796. The van der Waals surface area contributed by atoms with Crippen molar-refractivity contribution in [2.75, 3.05) is 5.73 Å². The topological polar surface area (TPSA) is 98.2 Å². The first kappa shape index (κ1) is 15.0. The van der Waals surface area contributed by atoms with Gasteiger partial charge in [-0.25, -0.2) is 18.1 Å². The molecule has 1 heterocycles. The predicted molar refractivity (Wildman–Crippen MR) is 78.5 cm³/mol. The van der Waals surface area contributed by atoms with Gasteiger partial charge < -0.3 is 10.2 Å². The van der Waals surface area contributed by atoms with Crippen molar-refractivity contribution < 1.29 is 12.8 Å². The highest BCUT2D eigenvalue weighted by atomic mass is 79.9. The van der Waals surface area contributed by atoms with Crippen molar-refractivity contribution in [1.82, 2.24) is 9.71 Å². The normalized spacial score (nSPS) is 11.7. The van der Waals surface area contributed by atoms with Crippen molar-refractivity contribution in [3.8, 4) is 0 Å². The number of oxazole rings is 1. The van der Waals surface area contributed by atoms with E-state index in [1.54, 1.807) is 6.20 Å². The maximum atomic E-state index is 12.2. The Labute approximate surface area is 125 Å². The number of anilines is 1. The van der Waals surface area contributed by atoms with Gasteiger partial charge >= 0.3 is 0 Å². The molecule has 0 aliphatic carbocycles. The summed E-state index contributed by atoms with van der Waals surface area (Å²) < 4.78 is 32.5. The number of aromatic nitrogens is 1. The number of benzene rings is 1. The second kappa shape index (κ2) is 5.94. The van der Waals surface area contributed by atoms with Gasteiger partial charge in [0.2, 0.25) is 15.9 Å². The van der Waals surface area contributed by atoms with Crippen molar-refractivity contribution >= 4 is 31.6 Å². The number of rotatable bonds is 5. The third-order valence-electron chi connectivity index (χ3n) is 2.61. The number of sulfonamides is 1. The lowest BCUT2D eigenvalue weighted by atomic mass is 10.3. The Bertz CT molecular complexity index is 712. The van der Waals surface area contributed by atoms with Crippen LogP contribution in [0.2, 0.25) is 0 Å². The molecule has 8 heteroatoms. The van der Waals surface area contributed by atoms with Crippen LogP contribution in [0.4, 0.5) is 5.69 Å². The summed E-state index contributed by atoms with van der Waals surface area (Å²) in [6.45, 7) is 1.93. The largest absolute Gasteiger partial charge is 0.444 e. The van der Waals surface area contributed by atoms with E-state index in [-0.39, 0.29) is 11.4 Å². The molecular weight excluding hydrogens is 346 g/mol. The van der Waals surface area contributed by atoms with E-state index in [1.165, 1.54) is 18.2 Å². The van der Waals surface area contributed by atoms with Crippen LogP contribution in [0, 0.1) is 0 Å². The summed E-state index contributed by atoms with van der Waals surface area (Å²) in [7, 11) is -3.66. The fraction of sp³-hybridized carbons (Fsp3) is 0.250. The van der Waals surface area contributed by atoms with Gasteiger partial charge in [-0.1, -0.05) is 6.92 Å². The van der Waals surface area contributed by atoms with Crippen molar-refractivity contribution in [3.05, 3.63) is 40.5 Å². The number of nitrogens with one attached hydrogen (secondary N) is 1. The highest BCUT2D eigenvalue weighted by Crippen LogP contribution is 2.24. The molecule has 0 saturated heterocycles. The number of hydrogen-bond acceptors (Lipinski definition) is 5. The first-order valence-electron chi connectivity index (χ1n) is 5.90. The highest BCUT2D eigenvalue weighted by Gasteiger charge is 2.18. The average Bonchev–Trinajstić information content (AvgIpc) is 2.84.